The molecule has 0 saturated heterocycles. The summed E-state index contributed by atoms with van der Waals surface area (Å²) in [4.78, 5) is 10.8. The van der Waals surface area contributed by atoms with E-state index in [1.165, 1.54) is 0 Å². The molecule has 0 aromatic heterocycles. The van der Waals surface area contributed by atoms with Crippen molar-refractivity contribution in [2.75, 3.05) is 6.54 Å². The van der Waals surface area contributed by atoms with Crippen LogP contribution in [0.3, 0.4) is 0 Å². The van der Waals surface area contributed by atoms with Crippen molar-refractivity contribution in [3.63, 3.8) is 0 Å². The van der Waals surface area contributed by atoms with Gasteiger partial charge in [0.15, 0.2) is 0 Å². The van der Waals surface area contributed by atoms with Gasteiger partial charge in [-0.1, -0.05) is 20.8 Å². The van der Waals surface area contributed by atoms with Gasteiger partial charge in [-0.25, -0.2) is 0 Å². The van der Waals surface area contributed by atoms with E-state index >= 15 is 0 Å². The molecule has 3 N–H and O–H groups in total. The van der Waals surface area contributed by atoms with E-state index in [-0.39, 0.29) is 12.5 Å². The third-order valence-electron chi connectivity index (χ3n) is 2.53. The Bertz CT molecular complexity index is 139. The number of hydrogen-bond donors (Lipinski definition) is 2. The molecule has 0 aromatic carbocycles. The first kappa shape index (κ1) is 10.4. The molecule has 3 heteroatoms. The average molecular weight is 159 g/mol. The summed E-state index contributed by atoms with van der Waals surface area (Å²) in [6.07, 6.45) is 0.594. The molecular formula is C8H17NO2. The van der Waals surface area contributed by atoms with Crippen LogP contribution in [-0.2, 0) is 4.79 Å². The number of carbonyl (C=O) groups is 1. The predicted molar refractivity (Wildman–Crippen MR) is 44.3 cm³/mol. The number of carboxylic acid groups (broad SMARTS) is 1. The summed E-state index contributed by atoms with van der Waals surface area (Å²) in [7, 11) is 0. The van der Waals surface area contributed by atoms with E-state index in [0.717, 1.165) is 0 Å². The molecule has 1 atom stereocenters. The molecule has 3 nitrogen and oxygen atoms in total. The first-order chi connectivity index (χ1) is 5.01. The zero-order valence-electron chi connectivity index (χ0n) is 7.42. The number of hydrogen-bond acceptors (Lipinski definition) is 2. The Balaban J connectivity index is 4.61. The van der Waals surface area contributed by atoms with E-state index in [1.807, 2.05) is 20.8 Å². The molecule has 0 saturated carbocycles. The summed E-state index contributed by atoms with van der Waals surface area (Å²) < 4.78 is 0. The van der Waals surface area contributed by atoms with Crippen molar-refractivity contribution in [3.8, 4) is 0 Å². The normalized spacial score (nSPS) is 16.5. The van der Waals surface area contributed by atoms with E-state index in [0.29, 0.717) is 6.42 Å². The van der Waals surface area contributed by atoms with Gasteiger partial charge in [-0.05, 0) is 12.3 Å². The summed E-state index contributed by atoms with van der Waals surface area (Å²) in [5, 5.41) is 8.91. The van der Waals surface area contributed by atoms with Gasteiger partial charge < -0.3 is 10.8 Å². The summed E-state index contributed by atoms with van der Waals surface area (Å²) >= 11 is 0. The van der Waals surface area contributed by atoms with E-state index in [2.05, 4.69) is 0 Å². The molecule has 0 rings (SSSR count). The Morgan fingerprint density at radius 2 is 2.09 bits per heavy atom. The van der Waals surface area contributed by atoms with Crippen molar-refractivity contribution >= 4 is 5.97 Å². The summed E-state index contributed by atoms with van der Waals surface area (Å²) in [5.41, 5.74) is 4.72. The van der Waals surface area contributed by atoms with Crippen molar-refractivity contribution in [1.82, 2.24) is 0 Å². The largest absolute Gasteiger partial charge is 0.481 e. The minimum Gasteiger partial charge on any atom is -0.481 e. The fourth-order valence-electron chi connectivity index (χ4n) is 1.27. The molecule has 0 bridgehead atoms. The van der Waals surface area contributed by atoms with Gasteiger partial charge in [0.2, 0.25) is 0 Å². The molecule has 1 unspecified atom stereocenters. The quantitative estimate of drug-likeness (QED) is 0.645. The second kappa shape index (κ2) is 3.72. The van der Waals surface area contributed by atoms with Crippen LogP contribution in [0.1, 0.15) is 27.2 Å². The molecule has 0 aromatic rings. The van der Waals surface area contributed by atoms with Gasteiger partial charge in [0.05, 0.1) is 5.41 Å². The van der Waals surface area contributed by atoms with Crippen molar-refractivity contribution in [1.29, 1.82) is 0 Å². The first-order valence-electron chi connectivity index (χ1n) is 3.94. The monoisotopic (exact) mass is 159 g/mol. The maximum Gasteiger partial charge on any atom is 0.311 e. The second-order valence-electron chi connectivity index (χ2n) is 3.17. The lowest BCUT2D eigenvalue weighted by molar-refractivity contribution is -0.151. The standard InChI is InChI=1S/C8H17NO2/c1-4-8(5-9,6(2)3)7(10)11/h6H,4-5,9H2,1-3H3,(H,10,11). The zero-order chi connectivity index (χ0) is 9.07. The van der Waals surface area contributed by atoms with Crippen LogP contribution in [0.25, 0.3) is 0 Å². The van der Waals surface area contributed by atoms with Crippen LogP contribution in [0.15, 0.2) is 0 Å². The van der Waals surface area contributed by atoms with Crippen molar-refractivity contribution in [2.24, 2.45) is 17.1 Å². The van der Waals surface area contributed by atoms with Crippen molar-refractivity contribution in [3.05, 3.63) is 0 Å². The number of carboxylic acids is 1. The van der Waals surface area contributed by atoms with Crippen LogP contribution in [-0.4, -0.2) is 17.6 Å². The lowest BCUT2D eigenvalue weighted by Gasteiger charge is -2.30. The zero-order valence-corrected chi connectivity index (χ0v) is 7.42. The van der Waals surface area contributed by atoms with Crippen LogP contribution in [0.5, 0.6) is 0 Å². The average Bonchev–Trinajstić information content (AvgIpc) is 1.90. The van der Waals surface area contributed by atoms with Gasteiger partial charge >= 0.3 is 5.97 Å². The lowest BCUT2D eigenvalue weighted by atomic mass is 9.75. The Morgan fingerprint density at radius 1 is 1.64 bits per heavy atom. The van der Waals surface area contributed by atoms with Gasteiger partial charge in [-0.2, -0.15) is 0 Å². The van der Waals surface area contributed by atoms with Gasteiger partial charge in [0, 0.05) is 6.54 Å². The smallest absolute Gasteiger partial charge is 0.311 e. The van der Waals surface area contributed by atoms with Crippen LogP contribution in [0.4, 0.5) is 0 Å². The molecule has 0 fully saturated rings. The molecule has 11 heavy (non-hydrogen) atoms. The third kappa shape index (κ3) is 1.71. The van der Waals surface area contributed by atoms with Gasteiger partial charge in [-0.15, -0.1) is 0 Å². The van der Waals surface area contributed by atoms with Crippen LogP contribution in [0.2, 0.25) is 0 Å². The van der Waals surface area contributed by atoms with Crippen LogP contribution >= 0.6 is 0 Å². The van der Waals surface area contributed by atoms with Crippen molar-refractivity contribution in [2.45, 2.75) is 27.2 Å². The Hall–Kier alpha value is -0.570. The van der Waals surface area contributed by atoms with Crippen LogP contribution < -0.4 is 5.73 Å². The molecule has 0 aliphatic heterocycles. The van der Waals surface area contributed by atoms with E-state index in [9.17, 15) is 4.79 Å². The van der Waals surface area contributed by atoms with E-state index < -0.39 is 11.4 Å². The van der Waals surface area contributed by atoms with E-state index in [1.54, 1.807) is 0 Å². The van der Waals surface area contributed by atoms with Gasteiger partial charge in [0.25, 0.3) is 0 Å². The number of rotatable bonds is 4. The highest BCUT2D eigenvalue weighted by atomic mass is 16.4. The van der Waals surface area contributed by atoms with Crippen molar-refractivity contribution < 1.29 is 9.90 Å². The predicted octanol–water partition coefficient (Wildman–Crippen LogP) is 1.08. The third-order valence-corrected chi connectivity index (χ3v) is 2.53. The summed E-state index contributed by atoms with van der Waals surface area (Å²) in [5.74, 6) is -0.688. The fourth-order valence-corrected chi connectivity index (χ4v) is 1.27. The molecule has 66 valence electrons. The molecule has 0 amide bonds. The minimum absolute atomic E-state index is 0.0926. The summed E-state index contributed by atoms with van der Waals surface area (Å²) in [6.45, 7) is 5.87. The fraction of sp³-hybridized carbons (Fsp3) is 0.875. The highest BCUT2D eigenvalue weighted by Gasteiger charge is 2.38. The van der Waals surface area contributed by atoms with Crippen LogP contribution in [0, 0.1) is 11.3 Å². The summed E-state index contributed by atoms with van der Waals surface area (Å²) in [6, 6.07) is 0. The molecule has 0 heterocycles. The highest BCUT2D eigenvalue weighted by Crippen LogP contribution is 2.30. The minimum atomic E-state index is -0.780. The second-order valence-corrected chi connectivity index (χ2v) is 3.17. The van der Waals surface area contributed by atoms with Gasteiger partial charge in [-0.3, -0.25) is 4.79 Å². The van der Waals surface area contributed by atoms with E-state index in [4.69, 9.17) is 10.8 Å². The first-order valence-corrected chi connectivity index (χ1v) is 3.94. The molecule has 0 aliphatic carbocycles. The lowest BCUT2D eigenvalue weighted by Crippen LogP contribution is -2.42. The highest BCUT2D eigenvalue weighted by molar-refractivity contribution is 5.75. The molecule has 0 spiro atoms. The Kier molecular flexibility index (Phi) is 3.52. The molecule has 0 radical (unpaired) electrons. The SMILES string of the molecule is CCC(CN)(C(=O)O)C(C)C. The topological polar surface area (TPSA) is 63.3 Å². The van der Waals surface area contributed by atoms with Gasteiger partial charge in [0.1, 0.15) is 0 Å². The Labute approximate surface area is 67.6 Å². The maximum absolute atomic E-state index is 10.8. The number of nitrogens with two attached hydrogens (primary N) is 1. The molecular weight excluding hydrogens is 142 g/mol. The number of aliphatic carboxylic acids is 1. The Morgan fingerprint density at radius 3 is 2.09 bits per heavy atom. The maximum atomic E-state index is 10.8. The molecule has 0 aliphatic rings.